The summed E-state index contributed by atoms with van der Waals surface area (Å²) in [4.78, 5) is 14.1. The van der Waals surface area contributed by atoms with Gasteiger partial charge in [-0.15, -0.1) is 0 Å². The van der Waals surface area contributed by atoms with Crippen LogP contribution < -0.4 is 5.32 Å². The number of carbonyl (C=O) groups is 1. The maximum absolute atomic E-state index is 12.1. The first kappa shape index (κ1) is 9.97. The molecule has 1 saturated heterocycles. The smallest absolute Gasteiger partial charge is 0.244 e. The number of carbonyl (C=O) groups excluding carboxylic acids is 1. The van der Waals surface area contributed by atoms with Gasteiger partial charge in [-0.05, 0) is 25.2 Å². The van der Waals surface area contributed by atoms with Gasteiger partial charge in [0, 0.05) is 6.54 Å². The van der Waals surface area contributed by atoms with Crippen molar-refractivity contribution in [1.82, 2.24) is 10.2 Å². The molecule has 80 valence electrons. The van der Waals surface area contributed by atoms with Gasteiger partial charge in [-0.2, -0.15) is 0 Å². The Hall–Kier alpha value is -0.570. The van der Waals surface area contributed by atoms with Crippen molar-refractivity contribution >= 4 is 5.91 Å². The quantitative estimate of drug-likeness (QED) is 0.739. The van der Waals surface area contributed by atoms with Gasteiger partial charge in [-0.3, -0.25) is 10.1 Å². The Kier molecular flexibility index (Phi) is 2.30. The standard InChI is InChI=1S/C11H20N2O/c1-4-9-12-11(5-6-11)10(14)13(9)7-8(2)3/h8-9,12H,4-7H2,1-3H3. The fraction of sp³-hybridized carbons (Fsp3) is 0.909. The summed E-state index contributed by atoms with van der Waals surface area (Å²) in [7, 11) is 0. The molecule has 0 aromatic heterocycles. The second-order valence-electron chi connectivity index (χ2n) is 5.00. The first-order chi connectivity index (χ1) is 6.59. The molecule has 1 amide bonds. The van der Waals surface area contributed by atoms with Crippen LogP contribution in [0.1, 0.15) is 40.0 Å². The third-order valence-corrected chi connectivity index (χ3v) is 3.19. The van der Waals surface area contributed by atoms with Crippen LogP contribution in [0.2, 0.25) is 0 Å². The van der Waals surface area contributed by atoms with Crippen LogP contribution >= 0.6 is 0 Å². The fourth-order valence-electron chi connectivity index (χ4n) is 2.28. The van der Waals surface area contributed by atoms with E-state index in [0.29, 0.717) is 11.8 Å². The molecule has 1 spiro atoms. The molecule has 1 saturated carbocycles. The van der Waals surface area contributed by atoms with E-state index in [1.54, 1.807) is 0 Å². The van der Waals surface area contributed by atoms with Gasteiger partial charge in [0.05, 0.1) is 11.7 Å². The molecule has 2 fully saturated rings. The average Bonchev–Trinajstić information content (AvgIpc) is 2.85. The number of nitrogens with one attached hydrogen (secondary N) is 1. The van der Waals surface area contributed by atoms with Crippen LogP contribution in [-0.2, 0) is 4.79 Å². The highest BCUT2D eigenvalue weighted by Gasteiger charge is 2.58. The lowest BCUT2D eigenvalue weighted by molar-refractivity contribution is -0.131. The van der Waals surface area contributed by atoms with Crippen molar-refractivity contribution in [1.29, 1.82) is 0 Å². The molecule has 1 N–H and O–H groups in total. The van der Waals surface area contributed by atoms with Crippen molar-refractivity contribution in [2.45, 2.75) is 51.7 Å². The van der Waals surface area contributed by atoms with Crippen molar-refractivity contribution < 1.29 is 4.79 Å². The van der Waals surface area contributed by atoms with E-state index >= 15 is 0 Å². The van der Waals surface area contributed by atoms with Gasteiger partial charge >= 0.3 is 0 Å². The van der Waals surface area contributed by atoms with E-state index in [1.807, 2.05) is 4.90 Å². The van der Waals surface area contributed by atoms with Crippen LogP contribution in [0.25, 0.3) is 0 Å². The Balaban J connectivity index is 2.09. The number of nitrogens with zero attached hydrogens (tertiary/aromatic N) is 1. The lowest BCUT2D eigenvalue weighted by Gasteiger charge is -2.24. The summed E-state index contributed by atoms with van der Waals surface area (Å²) >= 11 is 0. The molecule has 2 aliphatic rings. The minimum absolute atomic E-state index is 0.129. The van der Waals surface area contributed by atoms with Crippen LogP contribution in [-0.4, -0.2) is 29.1 Å². The summed E-state index contributed by atoms with van der Waals surface area (Å²) in [5.41, 5.74) is -0.129. The third-order valence-electron chi connectivity index (χ3n) is 3.19. The number of hydrogen-bond acceptors (Lipinski definition) is 2. The molecule has 1 aliphatic carbocycles. The lowest BCUT2D eigenvalue weighted by atomic mass is 10.2. The van der Waals surface area contributed by atoms with Gasteiger partial charge < -0.3 is 4.90 Å². The molecule has 3 heteroatoms. The molecule has 0 radical (unpaired) electrons. The van der Waals surface area contributed by atoms with Crippen LogP contribution in [0.4, 0.5) is 0 Å². The minimum atomic E-state index is -0.129. The predicted octanol–water partition coefficient (Wildman–Crippen LogP) is 1.34. The SMILES string of the molecule is CCC1NC2(CC2)C(=O)N1CC(C)C. The first-order valence-electron chi connectivity index (χ1n) is 5.68. The normalized spacial score (nSPS) is 29.3. The molecule has 14 heavy (non-hydrogen) atoms. The van der Waals surface area contributed by atoms with Gasteiger partial charge in [-0.1, -0.05) is 20.8 Å². The Morgan fingerprint density at radius 1 is 1.57 bits per heavy atom. The average molecular weight is 196 g/mol. The Labute approximate surface area is 85.8 Å². The van der Waals surface area contributed by atoms with E-state index < -0.39 is 0 Å². The van der Waals surface area contributed by atoms with Gasteiger partial charge in [-0.25, -0.2) is 0 Å². The highest BCUT2D eigenvalue weighted by Crippen LogP contribution is 2.42. The summed E-state index contributed by atoms with van der Waals surface area (Å²) in [5.74, 6) is 0.904. The summed E-state index contributed by atoms with van der Waals surface area (Å²) in [6, 6.07) is 0. The molecule has 0 aromatic carbocycles. The zero-order chi connectivity index (χ0) is 10.3. The largest absolute Gasteiger partial charge is 0.325 e. The van der Waals surface area contributed by atoms with Gasteiger partial charge in [0.1, 0.15) is 0 Å². The number of rotatable bonds is 3. The number of amides is 1. The van der Waals surface area contributed by atoms with E-state index in [9.17, 15) is 4.79 Å². The topological polar surface area (TPSA) is 32.3 Å². The Bertz CT molecular complexity index is 246. The molecular formula is C11H20N2O. The van der Waals surface area contributed by atoms with E-state index in [4.69, 9.17) is 0 Å². The molecule has 1 unspecified atom stereocenters. The Morgan fingerprint density at radius 3 is 2.64 bits per heavy atom. The maximum atomic E-state index is 12.1. The zero-order valence-electron chi connectivity index (χ0n) is 9.34. The first-order valence-corrected chi connectivity index (χ1v) is 5.68. The maximum Gasteiger partial charge on any atom is 0.244 e. The fourth-order valence-corrected chi connectivity index (χ4v) is 2.28. The molecule has 1 heterocycles. The zero-order valence-corrected chi connectivity index (χ0v) is 9.34. The second kappa shape index (κ2) is 3.23. The highest BCUT2D eigenvalue weighted by atomic mass is 16.2. The van der Waals surface area contributed by atoms with E-state index in [2.05, 4.69) is 26.1 Å². The van der Waals surface area contributed by atoms with Crippen molar-refractivity contribution in [3.8, 4) is 0 Å². The van der Waals surface area contributed by atoms with Crippen LogP contribution in [0.5, 0.6) is 0 Å². The minimum Gasteiger partial charge on any atom is -0.325 e. The summed E-state index contributed by atoms with van der Waals surface area (Å²) in [6.45, 7) is 7.36. The van der Waals surface area contributed by atoms with Crippen LogP contribution in [0.15, 0.2) is 0 Å². The van der Waals surface area contributed by atoms with Gasteiger partial charge in [0.15, 0.2) is 0 Å². The van der Waals surface area contributed by atoms with Crippen molar-refractivity contribution in [2.24, 2.45) is 5.92 Å². The molecular weight excluding hydrogens is 176 g/mol. The lowest BCUT2D eigenvalue weighted by Crippen LogP contribution is -2.39. The molecule has 1 atom stereocenters. The summed E-state index contributed by atoms with van der Waals surface area (Å²) < 4.78 is 0. The Morgan fingerprint density at radius 2 is 2.21 bits per heavy atom. The molecule has 2 rings (SSSR count). The van der Waals surface area contributed by atoms with Crippen molar-refractivity contribution in [3.63, 3.8) is 0 Å². The van der Waals surface area contributed by atoms with Gasteiger partial charge in [0.25, 0.3) is 0 Å². The monoisotopic (exact) mass is 196 g/mol. The summed E-state index contributed by atoms with van der Waals surface area (Å²) in [6.07, 6.45) is 3.38. The van der Waals surface area contributed by atoms with E-state index in [1.165, 1.54) is 0 Å². The van der Waals surface area contributed by atoms with E-state index in [-0.39, 0.29) is 11.7 Å². The molecule has 1 aliphatic heterocycles. The summed E-state index contributed by atoms with van der Waals surface area (Å²) in [5, 5.41) is 3.47. The predicted molar refractivity (Wildman–Crippen MR) is 55.7 cm³/mol. The number of hydrogen-bond donors (Lipinski definition) is 1. The van der Waals surface area contributed by atoms with Crippen molar-refractivity contribution in [3.05, 3.63) is 0 Å². The van der Waals surface area contributed by atoms with Gasteiger partial charge in [0.2, 0.25) is 5.91 Å². The molecule has 0 bridgehead atoms. The van der Waals surface area contributed by atoms with Crippen LogP contribution in [0.3, 0.4) is 0 Å². The third kappa shape index (κ3) is 1.44. The van der Waals surface area contributed by atoms with Crippen molar-refractivity contribution in [2.75, 3.05) is 6.54 Å². The van der Waals surface area contributed by atoms with Crippen LogP contribution in [0, 0.1) is 5.92 Å². The van der Waals surface area contributed by atoms with E-state index in [0.717, 1.165) is 25.8 Å². The second-order valence-corrected chi connectivity index (χ2v) is 5.00. The molecule has 0 aromatic rings. The molecule has 3 nitrogen and oxygen atoms in total. The highest BCUT2D eigenvalue weighted by molar-refractivity contribution is 5.91.